The maximum absolute atomic E-state index is 6.05. The molecule has 0 spiro atoms. The molecule has 0 radical (unpaired) electrons. The van der Waals surface area contributed by atoms with E-state index >= 15 is 0 Å². The Labute approximate surface area is 169 Å². The minimum absolute atomic E-state index is 0.598. The summed E-state index contributed by atoms with van der Waals surface area (Å²) in [6, 6.07) is 15.9. The van der Waals surface area contributed by atoms with Gasteiger partial charge in [0.15, 0.2) is 6.54 Å². The highest BCUT2D eigenvalue weighted by Crippen LogP contribution is 2.19. The van der Waals surface area contributed by atoms with Gasteiger partial charge in [-0.2, -0.15) is 4.98 Å². The molecule has 0 amide bonds. The van der Waals surface area contributed by atoms with Gasteiger partial charge in [-0.1, -0.05) is 28.9 Å². The minimum Gasteiger partial charge on any atom is -0.497 e. The van der Waals surface area contributed by atoms with E-state index in [4.69, 9.17) is 20.9 Å². The van der Waals surface area contributed by atoms with E-state index in [1.165, 1.54) is 10.5 Å². The number of nitrogens with one attached hydrogen (secondary N) is 2. The van der Waals surface area contributed by atoms with Gasteiger partial charge in [0.25, 0.3) is 5.89 Å². The zero-order valence-electron chi connectivity index (χ0n) is 16.0. The van der Waals surface area contributed by atoms with Crippen LogP contribution in [0.1, 0.15) is 11.5 Å². The lowest BCUT2D eigenvalue weighted by atomic mass is 10.2. The fourth-order valence-corrected chi connectivity index (χ4v) is 3.82. The number of aromatic nitrogens is 2. The molecule has 2 aromatic carbocycles. The second-order valence-corrected chi connectivity index (χ2v) is 7.66. The summed E-state index contributed by atoms with van der Waals surface area (Å²) >= 11 is 6.05. The zero-order valence-corrected chi connectivity index (χ0v) is 16.7. The highest BCUT2D eigenvalue weighted by Gasteiger charge is 2.25. The average Bonchev–Trinajstić information content (AvgIpc) is 3.19. The molecule has 0 aliphatic carbocycles. The summed E-state index contributed by atoms with van der Waals surface area (Å²) in [7, 11) is 1.70. The Morgan fingerprint density at radius 2 is 1.71 bits per heavy atom. The van der Waals surface area contributed by atoms with E-state index < -0.39 is 0 Å². The van der Waals surface area contributed by atoms with Gasteiger partial charge in [-0.05, 0) is 36.4 Å². The Kier molecular flexibility index (Phi) is 5.90. The van der Waals surface area contributed by atoms with Crippen molar-refractivity contribution in [2.75, 3.05) is 33.3 Å². The fourth-order valence-electron chi connectivity index (χ4n) is 3.63. The number of piperazine rings is 1. The van der Waals surface area contributed by atoms with Gasteiger partial charge in [0, 0.05) is 16.1 Å². The number of hydrogen-bond donors (Lipinski definition) is 2. The molecule has 7 heteroatoms. The smallest absolute Gasteiger partial charge is 0.282 e. The van der Waals surface area contributed by atoms with E-state index in [1.807, 2.05) is 36.4 Å². The summed E-state index contributed by atoms with van der Waals surface area (Å²) in [4.78, 5) is 7.64. The van der Waals surface area contributed by atoms with E-state index in [0.717, 1.165) is 50.6 Å². The van der Waals surface area contributed by atoms with Gasteiger partial charge in [-0.25, -0.2) is 0 Å². The van der Waals surface area contributed by atoms with E-state index in [1.54, 1.807) is 12.0 Å². The Hall–Kier alpha value is -2.41. The molecular weight excluding hydrogens is 376 g/mol. The predicted molar refractivity (Wildman–Crippen MR) is 107 cm³/mol. The molecule has 28 heavy (non-hydrogen) atoms. The van der Waals surface area contributed by atoms with Crippen molar-refractivity contribution in [3.05, 3.63) is 65.0 Å². The molecule has 1 aliphatic rings. The quantitative estimate of drug-likeness (QED) is 0.645. The molecule has 0 bridgehead atoms. The topological polar surface area (TPSA) is 57.0 Å². The van der Waals surface area contributed by atoms with Gasteiger partial charge in [0.05, 0.1) is 7.11 Å². The summed E-state index contributed by atoms with van der Waals surface area (Å²) in [6.45, 7) is 6.29. The van der Waals surface area contributed by atoms with Gasteiger partial charge in [-0.3, -0.25) is 0 Å². The lowest BCUT2D eigenvalue weighted by Gasteiger charge is -2.29. The highest BCUT2D eigenvalue weighted by atomic mass is 35.5. The molecule has 146 valence electrons. The number of halogens is 1. The first-order chi connectivity index (χ1) is 13.7. The SMILES string of the molecule is COc1ccc(C[NH+]2CC[NH+](Cc3nc(-c4cccc(Cl)c4)no3)CC2)cc1. The normalized spacial score (nSPS) is 19.5. The molecule has 0 atom stereocenters. The van der Waals surface area contributed by atoms with E-state index in [-0.39, 0.29) is 0 Å². The van der Waals surface area contributed by atoms with Gasteiger partial charge < -0.3 is 19.1 Å². The first-order valence-corrected chi connectivity index (χ1v) is 9.96. The van der Waals surface area contributed by atoms with Crippen molar-refractivity contribution < 1.29 is 19.1 Å². The summed E-state index contributed by atoms with van der Waals surface area (Å²) in [5, 5.41) is 4.78. The van der Waals surface area contributed by atoms with Crippen molar-refractivity contribution in [2.45, 2.75) is 13.1 Å². The Bertz CT molecular complexity index is 905. The molecule has 2 heterocycles. The van der Waals surface area contributed by atoms with Gasteiger partial charge in [-0.15, -0.1) is 0 Å². The zero-order chi connectivity index (χ0) is 19.3. The van der Waals surface area contributed by atoms with E-state index in [0.29, 0.717) is 16.7 Å². The van der Waals surface area contributed by atoms with Gasteiger partial charge in [0.2, 0.25) is 5.82 Å². The average molecular weight is 401 g/mol. The molecule has 2 N–H and O–H groups in total. The van der Waals surface area contributed by atoms with Crippen LogP contribution < -0.4 is 14.5 Å². The summed E-state index contributed by atoms with van der Waals surface area (Å²) < 4.78 is 10.7. The number of ether oxygens (including phenoxy) is 1. The largest absolute Gasteiger partial charge is 0.497 e. The lowest BCUT2D eigenvalue weighted by Crippen LogP contribution is -3.27. The fraction of sp³-hybridized carbons (Fsp3) is 0.333. The first-order valence-electron chi connectivity index (χ1n) is 9.58. The lowest BCUT2D eigenvalue weighted by molar-refractivity contribution is -1.02. The van der Waals surface area contributed by atoms with Crippen molar-refractivity contribution in [1.82, 2.24) is 10.1 Å². The number of benzene rings is 2. The third-order valence-corrected chi connectivity index (χ3v) is 5.46. The maximum atomic E-state index is 6.05. The number of rotatable bonds is 6. The van der Waals surface area contributed by atoms with Crippen molar-refractivity contribution in [1.29, 1.82) is 0 Å². The van der Waals surface area contributed by atoms with E-state index in [2.05, 4.69) is 22.3 Å². The molecule has 1 saturated heterocycles. The molecule has 6 nitrogen and oxygen atoms in total. The van der Waals surface area contributed by atoms with Crippen LogP contribution in [0.3, 0.4) is 0 Å². The number of nitrogens with zero attached hydrogens (tertiary/aromatic N) is 2. The van der Waals surface area contributed by atoms with Crippen LogP contribution >= 0.6 is 11.6 Å². The van der Waals surface area contributed by atoms with Crippen molar-refractivity contribution in [3.63, 3.8) is 0 Å². The maximum Gasteiger partial charge on any atom is 0.282 e. The van der Waals surface area contributed by atoms with Crippen LogP contribution in [-0.4, -0.2) is 43.4 Å². The third kappa shape index (κ3) is 4.70. The Morgan fingerprint density at radius 1 is 1.00 bits per heavy atom. The van der Waals surface area contributed by atoms with Crippen LogP contribution in [-0.2, 0) is 13.1 Å². The second-order valence-electron chi connectivity index (χ2n) is 7.22. The monoisotopic (exact) mass is 400 g/mol. The molecule has 0 saturated carbocycles. The number of methoxy groups -OCH3 is 1. The molecular formula is C21H25ClN4O2+2. The third-order valence-electron chi connectivity index (χ3n) is 5.23. The molecule has 4 rings (SSSR count). The minimum atomic E-state index is 0.598. The van der Waals surface area contributed by atoms with Gasteiger partial charge >= 0.3 is 0 Å². The Morgan fingerprint density at radius 3 is 2.39 bits per heavy atom. The first kappa shape index (κ1) is 18.9. The summed E-state index contributed by atoms with van der Waals surface area (Å²) in [5.74, 6) is 2.19. The molecule has 1 aliphatic heterocycles. The van der Waals surface area contributed by atoms with Crippen molar-refractivity contribution >= 4 is 11.6 Å². The van der Waals surface area contributed by atoms with Crippen LogP contribution in [0.15, 0.2) is 53.1 Å². The Balaban J connectivity index is 1.28. The van der Waals surface area contributed by atoms with Crippen LogP contribution in [0.25, 0.3) is 11.4 Å². The molecule has 1 fully saturated rings. The number of quaternary nitrogens is 2. The van der Waals surface area contributed by atoms with Crippen LogP contribution in [0.4, 0.5) is 0 Å². The van der Waals surface area contributed by atoms with E-state index in [9.17, 15) is 0 Å². The van der Waals surface area contributed by atoms with Crippen molar-refractivity contribution in [3.8, 4) is 17.1 Å². The summed E-state index contributed by atoms with van der Waals surface area (Å²) in [5.41, 5.74) is 2.23. The predicted octanol–water partition coefficient (Wildman–Crippen LogP) is 0.882. The number of hydrogen-bond acceptors (Lipinski definition) is 4. The molecule has 1 aromatic heterocycles. The van der Waals surface area contributed by atoms with Gasteiger partial charge in [0.1, 0.15) is 38.5 Å². The summed E-state index contributed by atoms with van der Waals surface area (Å²) in [6.07, 6.45) is 0. The highest BCUT2D eigenvalue weighted by molar-refractivity contribution is 6.30. The standard InChI is InChI=1S/C21H23ClN4O2/c1-27-19-7-5-16(6-8-19)14-25-9-11-26(12-10-25)15-20-23-21(24-28-20)17-3-2-4-18(22)13-17/h2-8,13H,9-12,14-15H2,1H3/p+2. The second kappa shape index (κ2) is 8.73. The van der Waals surface area contributed by atoms with Crippen molar-refractivity contribution in [2.24, 2.45) is 0 Å². The van der Waals surface area contributed by atoms with Crippen LogP contribution in [0, 0.1) is 0 Å². The molecule has 3 aromatic rings. The van der Waals surface area contributed by atoms with Crippen LogP contribution in [0.2, 0.25) is 5.02 Å². The van der Waals surface area contributed by atoms with Crippen LogP contribution in [0.5, 0.6) is 5.75 Å². The molecule has 0 unspecified atom stereocenters.